The largest absolute Gasteiger partial charge is 0.370 e. The molecule has 0 unspecified atom stereocenters. The topological polar surface area (TPSA) is 67.2 Å². The first-order valence-electron chi connectivity index (χ1n) is 7.85. The Kier molecular flexibility index (Phi) is 4.85. The molecule has 0 saturated carbocycles. The van der Waals surface area contributed by atoms with E-state index in [-0.39, 0.29) is 11.5 Å². The highest BCUT2D eigenvalue weighted by atomic mass is 35.5. The highest BCUT2D eigenvalue weighted by molar-refractivity contribution is 6.33. The molecule has 0 radical (unpaired) electrons. The molecule has 0 spiro atoms. The number of hydrogen-bond donors (Lipinski definition) is 1. The van der Waals surface area contributed by atoms with Gasteiger partial charge < -0.3 is 10.2 Å². The molecule has 2 aromatic rings. The normalized spacial score (nSPS) is 17.1. The van der Waals surface area contributed by atoms with E-state index in [1.807, 2.05) is 0 Å². The quantitative estimate of drug-likeness (QED) is 0.914. The average Bonchev–Trinajstić information content (AvgIpc) is 3.04. The minimum absolute atomic E-state index is 0.122. The predicted octanol–water partition coefficient (Wildman–Crippen LogP) is 1.69. The Morgan fingerprint density at radius 2 is 2.21 bits per heavy atom. The maximum atomic E-state index is 12.2. The van der Waals surface area contributed by atoms with Gasteiger partial charge in [-0.05, 0) is 24.5 Å². The van der Waals surface area contributed by atoms with E-state index in [2.05, 4.69) is 15.3 Å². The zero-order chi connectivity index (χ0) is 17.1. The van der Waals surface area contributed by atoms with Crippen LogP contribution >= 0.6 is 11.6 Å². The number of amides is 1. The van der Waals surface area contributed by atoms with E-state index in [1.54, 1.807) is 43.6 Å². The molecule has 126 valence electrons. The second-order valence-electron chi connectivity index (χ2n) is 5.97. The van der Waals surface area contributed by atoms with Crippen molar-refractivity contribution in [2.75, 3.05) is 24.5 Å². The Bertz CT molecular complexity index is 805. The first-order chi connectivity index (χ1) is 11.5. The molecule has 1 fully saturated rings. The van der Waals surface area contributed by atoms with Gasteiger partial charge in [0.1, 0.15) is 0 Å². The van der Waals surface area contributed by atoms with E-state index in [1.165, 1.54) is 4.68 Å². The van der Waals surface area contributed by atoms with Crippen LogP contribution in [0, 0.1) is 5.92 Å². The minimum atomic E-state index is -0.158. The third kappa shape index (κ3) is 3.59. The van der Waals surface area contributed by atoms with E-state index in [0.717, 1.165) is 25.2 Å². The number of hydrogen-bond acceptors (Lipinski definition) is 4. The van der Waals surface area contributed by atoms with Crippen LogP contribution in [0.4, 0.5) is 5.69 Å². The molecule has 2 heterocycles. The van der Waals surface area contributed by atoms with Crippen molar-refractivity contribution >= 4 is 23.2 Å². The molecule has 3 rings (SSSR count). The smallest absolute Gasteiger partial charge is 0.268 e. The zero-order valence-corrected chi connectivity index (χ0v) is 14.2. The van der Waals surface area contributed by atoms with E-state index in [4.69, 9.17) is 11.6 Å². The Morgan fingerprint density at radius 1 is 1.42 bits per heavy atom. The molecule has 1 aromatic carbocycles. The zero-order valence-electron chi connectivity index (χ0n) is 13.4. The van der Waals surface area contributed by atoms with Crippen molar-refractivity contribution in [2.24, 2.45) is 13.0 Å². The highest BCUT2D eigenvalue weighted by Gasteiger charge is 2.24. The van der Waals surface area contributed by atoms with E-state index in [0.29, 0.717) is 23.0 Å². The van der Waals surface area contributed by atoms with Crippen molar-refractivity contribution in [3.63, 3.8) is 0 Å². The number of nitrogens with zero attached hydrogens (tertiary/aromatic N) is 3. The van der Waals surface area contributed by atoms with Crippen LogP contribution in [0.5, 0.6) is 0 Å². The monoisotopic (exact) mass is 346 g/mol. The van der Waals surface area contributed by atoms with Gasteiger partial charge in [0.15, 0.2) is 0 Å². The van der Waals surface area contributed by atoms with Crippen LogP contribution in [0.1, 0.15) is 16.8 Å². The Labute approximate surface area is 145 Å². The van der Waals surface area contributed by atoms with Crippen LogP contribution in [-0.4, -0.2) is 35.3 Å². The summed E-state index contributed by atoms with van der Waals surface area (Å²) in [6.07, 6.45) is 2.66. The number of aryl methyl sites for hydroxylation is 1. The van der Waals surface area contributed by atoms with Gasteiger partial charge in [-0.2, -0.15) is 5.10 Å². The Balaban J connectivity index is 1.56. The van der Waals surface area contributed by atoms with Gasteiger partial charge in [0, 0.05) is 32.7 Å². The molecular formula is C17H19ClN4O2. The van der Waals surface area contributed by atoms with Gasteiger partial charge in [-0.1, -0.05) is 23.7 Å². The molecule has 6 nitrogen and oxygen atoms in total. The second kappa shape index (κ2) is 7.05. The lowest BCUT2D eigenvalue weighted by Gasteiger charge is -2.18. The molecule has 1 aliphatic heterocycles. The van der Waals surface area contributed by atoms with Crippen LogP contribution in [0.2, 0.25) is 5.02 Å². The van der Waals surface area contributed by atoms with Gasteiger partial charge in [-0.25, -0.2) is 4.68 Å². The van der Waals surface area contributed by atoms with Crippen LogP contribution in [0.25, 0.3) is 0 Å². The number of rotatable bonds is 4. The Morgan fingerprint density at radius 3 is 2.96 bits per heavy atom. The van der Waals surface area contributed by atoms with Gasteiger partial charge in [-0.3, -0.25) is 9.59 Å². The number of benzene rings is 1. The van der Waals surface area contributed by atoms with E-state index < -0.39 is 0 Å². The van der Waals surface area contributed by atoms with Crippen LogP contribution in [0.15, 0.2) is 41.3 Å². The van der Waals surface area contributed by atoms with Gasteiger partial charge in [0.2, 0.25) is 0 Å². The molecular weight excluding hydrogens is 328 g/mol. The van der Waals surface area contributed by atoms with Crippen LogP contribution < -0.4 is 15.8 Å². The number of nitrogens with one attached hydrogen (secondary N) is 1. The summed E-state index contributed by atoms with van der Waals surface area (Å²) in [7, 11) is 1.63. The number of halogens is 1. The highest BCUT2D eigenvalue weighted by Crippen LogP contribution is 2.22. The van der Waals surface area contributed by atoms with Crippen molar-refractivity contribution in [3.05, 3.63) is 57.5 Å². The summed E-state index contributed by atoms with van der Waals surface area (Å²) in [5.74, 6) is 0.176. The molecule has 1 amide bonds. The molecule has 1 atom stereocenters. The first-order valence-corrected chi connectivity index (χ1v) is 8.23. The fourth-order valence-electron chi connectivity index (χ4n) is 2.84. The summed E-state index contributed by atoms with van der Waals surface area (Å²) in [6.45, 7) is 2.22. The molecule has 0 aliphatic carbocycles. The lowest BCUT2D eigenvalue weighted by Crippen LogP contribution is -2.31. The Hall–Kier alpha value is -2.34. The molecule has 24 heavy (non-hydrogen) atoms. The summed E-state index contributed by atoms with van der Waals surface area (Å²) < 4.78 is 1.31. The summed E-state index contributed by atoms with van der Waals surface area (Å²) in [6, 6.07) is 8.60. The fourth-order valence-corrected chi connectivity index (χ4v) is 3.07. The molecule has 1 saturated heterocycles. The van der Waals surface area contributed by atoms with Gasteiger partial charge in [-0.15, -0.1) is 0 Å². The third-order valence-corrected chi connectivity index (χ3v) is 4.60. The van der Waals surface area contributed by atoms with E-state index in [9.17, 15) is 9.59 Å². The predicted molar refractivity (Wildman–Crippen MR) is 93.6 cm³/mol. The third-order valence-electron chi connectivity index (χ3n) is 4.27. The van der Waals surface area contributed by atoms with Gasteiger partial charge in [0.25, 0.3) is 11.5 Å². The average molecular weight is 347 g/mol. The van der Waals surface area contributed by atoms with E-state index >= 15 is 0 Å². The van der Waals surface area contributed by atoms with Crippen LogP contribution in [-0.2, 0) is 7.05 Å². The maximum Gasteiger partial charge on any atom is 0.268 e. The number of carbonyl (C=O) groups is 1. The fraction of sp³-hybridized carbons (Fsp3) is 0.353. The van der Waals surface area contributed by atoms with Gasteiger partial charge >= 0.3 is 0 Å². The number of aromatic nitrogens is 2. The van der Waals surface area contributed by atoms with Crippen molar-refractivity contribution in [1.29, 1.82) is 0 Å². The van der Waals surface area contributed by atoms with Crippen molar-refractivity contribution in [2.45, 2.75) is 6.42 Å². The minimum Gasteiger partial charge on any atom is -0.370 e. The molecule has 7 heteroatoms. The number of carbonyl (C=O) groups excluding carboxylic acids is 1. The lowest BCUT2D eigenvalue weighted by molar-refractivity contribution is 0.0948. The second-order valence-corrected chi connectivity index (χ2v) is 6.37. The molecule has 1 aromatic heterocycles. The van der Waals surface area contributed by atoms with Crippen molar-refractivity contribution in [3.8, 4) is 0 Å². The first kappa shape index (κ1) is 16.5. The molecule has 1 N–H and O–H groups in total. The maximum absolute atomic E-state index is 12.2. The molecule has 1 aliphatic rings. The summed E-state index contributed by atoms with van der Waals surface area (Å²) in [4.78, 5) is 26.0. The number of anilines is 1. The summed E-state index contributed by atoms with van der Waals surface area (Å²) in [5, 5.41) is 7.45. The lowest BCUT2D eigenvalue weighted by atomic mass is 10.1. The summed E-state index contributed by atoms with van der Waals surface area (Å²) >= 11 is 6.04. The molecule has 0 bridgehead atoms. The van der Waals surface area contributed by atoms with Gasteiger partial charge in [0.05, 0.1) is 22.5 Å². The summed E-state index contributed by atoms with van der Waals surface area (Å²) in [5.41, 5.74) is 1.20. The van der Waals surface area contributed by atoms with Crippen LogP contribution in [0.3, 0.4) is 0 Å². The standard InChI is InChI=1S/C17H19ClN4O2/c1-21-16(23)8-13(10-20-21)22-7-6-12(11-22)9-19-17(24)14-4-2-3-5-15(14)18/h2-5,8,10,12H,6-7,9,11H2,1H3,(H,19,24)/t12-/m1/s1. The van der Waals surface area contributed by atoms with Crippen molar-refractivity contribution < 1.29 is 4.79 Å². The van der Waals surface area contributed by atoms with Crippen molar-refractivity contribution in [1.82, 2.24) is 15.1 Å². The SMILES string of the molecule is Cn1ncc(N2CC[C@H](CNC(=O)c3ccccc3Cl)C2)cc1=O.